The number of benzene rings is 2. The normalized spacial score (nSPS) is 11.5. The quantitative estimate of drug-likeness (QED) is 0.197. The second-order valence-corrected chi connectivity index (χ2v) is 8.80. The Hall–Kier alpha value is -4.40. The van der Waals surface area contributed by atoms with E-state index < -0.39 is 23.2 Å². The fraction of sp³-hybridized carbons (Fsp3) is 0.333. The Labute approximate surface area is 225 Å². The summed E-state index contributed by atoms with van der Waals surface area (Å²) in [5.74, 6) is -0.352. The fourth-order valence-electron chi connectivity index (χ4n) is 3.47. The van der Waals surface area contributed by atoms with E-state index >= 15 is 0 Å². The molecule has 1 atom stereocenters. The monoisotopic (exact) mass is 536 g/mol. The molecule has 0 N–H and O–H groups in total. The summed E-state index contributed by atoms with van der Waals surface area (Å²) in [4.78, 5) is 45.7. The van der Waals surface area contributed by atoms with Gasteiger partial charge in [0, 0.05) is 29.0 Å². The van der Waals surface area contributed by atoms with Gasteiger partial charge in [0.2, 0.25) is 0 Å². The maximum Gasteiger partial charge on any atom is 0.344 e. The first-order chi connectivity index (χ1) is 18.7. The van der Waals surface area contributed by atoms with Gasteiger partial charge < -0.3 is 23.0 Å². The highest BCUT2D eigenvalue weighted by Crippen LogP contribution is 2.19. The zero-order valence-corrected chi connectivity index (χ0v) is 22.4. The van der Waals surface area contributed by atoms with E-state index in [1.54, 1.807) is 42.5 Å². The Morgan fingerprint density at radius 3 is 1.90 bits per heavy atom. The molecule has 4 aromatic rings. The molecule has 206 valence electrons. The highest BCUT2D eigenvalue weighted by atomic mass is 16.6. The highest BCUT2D eigenvalue weighted by molar-refractivity contribution is 5.93. The molecule has 0 unspecified atom stereocenters. The smallest absolute Gasteiger partial charge is 0.344 e. The van der Waals surface area contributed by atoms with E-state index in [0.29, 0.717) is 22.5 Å². The van der Waals surface area contributed by atoms with E-state index in [1.165, 1.54) is 18.2 Å². The second-order valence-electron chi connectivity index (χ2n) is 8.80. The Kier molecular flexibility index (Phi) is 10.4. The van der Waals surface area contributed by atoms with Gasteiger partial charge in [0.15, 0.2) is 6.61 Å². The van der Waals surface area contributed by atoms with Crippen molar-refractivity contribution in [2.75, 3.05) is 6.61 Å². The second kappa shape index (κ2) is 13.9. The van der Waals surface area contributed by atoms with Crippen LogP contribution in [0.1, 0.15) is 57.3 Å². The average molecular weight is 537 g/mol. The molecule has 0 spiro atoms. The number of rotatable bonds is 9. The van der Waals surface area contributed by atoms with Gasteiger partial charge in [-0.15, -0.1) is 0 Å². The number of carbonyl (C=O) groups is 2. The summed E-state index contributed by atoms with van der Waals surface area (Å²) in [6.07, 6.45) is 2.12. The van der Waals surface area contributed by atoms with Gasteiger partial charge in [-0.2, -0.15) is 0 Å². The van der Waals surface area contributed by atoms with Crippen LogP contribution in [0.5, 0.6) is 5.75 Å². The largest absolute Gasteiger partial charge is 0.482 e. The summed E-state index contributed by atoms with van der Waals surface area (Å²) < 4.78 is 25.9. The van der Waals surface area contributed by atoms with Gasteiger partial charge in [-0.3, -0.25) is 0 Å². The Balaban J connectivity index is 0.000000218. The van der Waals surface area contributed by atoms with E-state index in [2.05, 4.69) is 0 Å². The third kappa shape index (κ3) is 8.56. The third-order valence-corrected chi connectivity index (χ3v) is 5.90. The summed E-state index contributed by atoms with van der Waals surface area (Å²) in [6, 6.07) is 16.0. The molecule has 2 aromatic heterocycles. The molecular formula is C30H32O9. The van der Waals surface area contributed by atoms with Crippen molar-refractivity contribution >= 4 is 33.9 Å². The lowest BCUT2D eigenvalue weighted by molar-refractivity contribution is -0.151. The standard InChI is InChI=1S/C16H18O5.C14H14O4/c1-3-12(4-2)20-16(18)10-19-13-7-5-11-6-8-15(17)21-14(11)9-13;1-3-9(2)17-14(16)11-5-4-10-6-7-13(15)18-12(10)8-11/h5-9,12H,3-4,10H2,1-2H3;4-9H,3H2,1-2H3/t;9-/m.0/s1. The van der Waals surface area contributed by atoms with Crippen molar-refractivity contribution in [2.24, 2.45) is 0 Å². The van der Waals surface area contributed by atoms with Gasteiger partial charge in [-0.1, -0.05) is 26.8 Å². The van der Waals surface area contributed by atoms with Crippen LogP contribution >= 0.6 is 0 Å². The van der Waals surface area contributed by atoms with Crippen LogP contribution in [0.2, 0.25) is 0 Å². The Morgan fingerprint density at radius 2 is 1.31 bits per heavy atom. The summed E-state index contributed by atoms with van der Waals surface area (Å²) >= 11 is 0. The molecule has 0 radical (unpaired) electrons. The number of carbonyl (C=O) groups excluding carboxylic acids is 2. The Bertz CT molecular complexity index is 1530. The first-order valence-corrected chi connectivity index (χ1v) is 12.8. The van der Waals surface area contributed by atoms with Gasteiger partial charge in [0.05, 0.1) is 11.7 Å². The van der Waals surface area contributed by atoms with Crippen LogP contribution in [0, 0.1) is 0 Å². The van der Waals surface area contributed by atoms with Gasteiger partial charge >= 0.3 is 23.2 Å². The van der Waals surface area contributed by atoms with Crippen molar-refractivity contribution in [3.63, 3.8) is 0 Å². The van der Waals surface area contributed by atoms with E-state index in [0.717, 1.165) is 30.0 Å². The molecule has 0 bridgehead atoms. The molecule has 0 saturated heterocycles. The summed E-state index contributed by atoms with van der Waals surface area (Å²) in [5.41, 5.74) is 0.342. The first kappa shape index (κ1) is 29.2. The number of hydrogen-bond donors (Lipinski definition) is 0. The maximum absolute atomic E-state index is 11.8. The SMILES string of the molecule is CCC(CC)OC(=O)COc1ccc2ccc(=O)oc2c1.CC[C@H](C)OC(=O)c1ccc2ccc(=O)oc2c1. The van der Waals surface area contributed by atoms with E-state index in [9.17, 15) is 19.2 Å². The number of hydrogen-bond acceptors (Lipinski definition) is 9. The first-order valence-electron chi connectivity index (χ1n) is 12.8. The van der Waals surface area contributed by atoms with Crippen molar-refractivity contribution in [3.8, 4) is 5.75 Å². The van der Waals surface area contributed by atoms with Gasteiger partial charge in [0.1, 0.15) is 23.0 Å². The van der Waals surface area contributed by atoms with Crippen LogP contribution < -0.4 is 16.0 Å². The van der Waals surface area contributed by atoms with E-state index in [4.69, 9.17) is 23.0 Å². The molecule has 0 aliphatic carbocycles. The molecule has 0 fully saturated rings. The van der Waals surface area contributed by atoms with Crippen molar-refractivity contribution in [3.05, 3.63) is 87.1 Å². The minimum Gasteiger partial charge on any atom is -0.482 e. The maximum atomic E-state index is 11.8. The molecule has 39 heavy (non-hydrogen) atoms. The Morgan fingerprint density at radius 1 is 0.744 bits per heavy atom. The summed E-state index contributed by atoms with van der Waals surface area (Å²) in [7, 11) is 0. The molecule has 2 aromatic carbocycles. The zero-order valence-electron chi connectivity index (χ0n) is 22.4. The van der Waals surface area contributed by atoms with Crippen LogP contribution in [0.25, 0.3) is 21.9 Å². The zero-order chi connectivity index (χ0) is 28.4. The summed E-state index contributed by atoms with van der Waals surface area (Å²) in [5, 5.41) is 1.57. The summed E-state index contributed by atoms with van der Waals surface area (Å²) in [6.45, 7) is 7.54. The number of fused-ring (bicyclic) bond motifs is 2. The van der Waals surface area contributed by atoms with Crippen LogP contribution in [0.3, 0.4) is 0 Å². The lowest BCUT2D eigenvalue weighted by Gasteiger charge is -2.14. The highest BCUT2D eigenvalue weighted by Gasteiger charge is 2.13. The number of ether oxygens (including phenoxy) is 3. The lowest BCUT2D eigenvalue weighted by atomic mass is 10.1. The predicted octanol–water partition coefficient (Wildman–Crippen LogP) is 5.65. The van der Waals surface area contributed by atoms with Gasteiger partial charge in [-0.05, 0) is 62.6 Å². The van der Waals surface area contributed by atoms with Crippen LogP contribution in [-0.2, 0) is 14.3 Å². The molecule has 0 saturated carbocycles. The van der Waals surface area contributed by atoms with E-state index in [1.807, 2.05) is 27.7 Å². The topological polar surface area (TPSA) is 122 Å². The van der Waals surface area contributed by atoms with Crippen molar-refractivity contribution in [1.82, 2.24) is 0 Å². The molecule has 2 heterocycles. The molecule has 9 heteroatoms. The van der Waals surface area contributed by atoms with Crippen LogP contribution in [0.15, 0.2) is 79.1 Å². The molecule has 9 nitrogen and oxygen atoms in total. The van der Waals surface area contributed by atoms with Crippen molar-refractivity contribution in [2.45, 2.75) is 59.2 Å². The van der Waals surface area contributed by atoms with Crippen LogP contribution in [0.4, 0.5) is 0 Å². The fourth-order valence-corrected chi connectivity index (χ4v) is 3.47. The molecule has 0 aliphatic heterocycles. The molecular weight excluding hydrogens is 504 g/mol. The lowest BCUT2D eigenvalue weighted by Crippen LogP contribution is -2.21. The van der Waals surface area contributed by atoms with Crippen molar-refractivity contribution in [1.29, 1.82) is 0 Å². The van der Waals surface area contributed by atoms with Crippen LogP contribution in [-0.4, -0.2) is 30.8 Å². The molecule has 0 amide bonds. The van der Waals surface area contributed by atoms with Gasteiger partial charge in [-0.25, -0.2) is 19.2 Å². The average Bonchev–Trinajstić information content (AvgIpc) is 2.94. The minimum absolute atomic E-state index is 0.0734. The van der Waals surface area contributed by atoms with Crippen molar-refractivity contribution < 1.29 is 32.6 Å². The third-order valence-electron chi connectivity index (χ3n) is 5.90. The van der Waals surface area contributed by atoms with E-state index in [-0.39, 0.29) is 18.8 Å². The molecule has 4 rings (SSSR count). The predicted molar refractivity (Wildman–Crippen MR) is 146 cm³/mol. The van der Waals surface area contributed by atoms with Gasteiger partial charge in [0.25, 0.3) is 0 Å². The minimum atomic E-state index is -0.435. The number of esters is 2. The molecule has 0 aliphatic rings.